The molecule has 1 N–H and O–H groups in total. The van der Waals surface area contributed by atoms with Crippen LogP contribution in [-0.2, 0) is 6.18 Å². The highest BCUT2D eigenvalue weighted by Gasteiger charge is 2.31. The standard InChI is InChI=1S/C16H21F3O/c1-11-10-13(16(17,18)19)8-9-14(11)15(20)12-6-4-2-3-5-7-12/h8-10,12,15,20H,2-7H2,1H3. The second-order valence-electron chi connectivity index (χ2n) is 5.77. The maximum Gasteiger partial charge on any atom is 0.416 e. The zero-order valence-electron chi connectivity index (χ0n) is 11.7. The van der Waals surface area contributed by atoms with Crippen molar-refractivity contribution >= 4 is 0 Å². The van der Waals surface area contributed by atoms with Gasteiger partial charge in [0.05, 0.1) is 11.7 Å². The number of alkyl halides is 3. The van der Waals surface area contributed by atoms with E-state index in [9.17, 15) is 18.3 Å². The molecule has 0 bridgehead atoms. The van der Waals surface area contributed by atoms with Crippen molar-refractivity contribution in [2.24, 2.45) is 5.92 Å². The first-order chi connectivity index (χ1) is 9.39. The van der Waals surface area contributed by atoms with Crippen LogP contribution in [0.2, 0.25) is 0 Å². The third kappa shape index (κ3) is 3.54. The highest BCUT2D eigenvalue weighted by atomic mass is 19.4. The van der Waals surface area contributed by atoms with E-state index >= 15 is 0 Å². The van der Waals surface area contributed by atoms with Crippen LogP contribution in [0.4, 0.5) is 13.2 Å². The maximum absolute atomic E-state index is 12.6. The molecule has 1 aliphatic carbocycles. The number of hydrogen-bond donors (Lipinski definition) is 1. The number of halogens is 3. The number of aryl methyl sites for hydroxylation is 1. The van der Waals surface area contributed by atoms with Gasteiger partial charge in [0.15, 0.2) is 0 Å². The molecule has 1 atom stereocenters. The molecule has 0 radical (unpaired) electrons. The fourth-order valence-electron chi connectivity index (χ4n) is 3.06. The van der Waals surface area contributed by atoms with Crippen LogP contribution in [0, 0.1) is 12.8 Å². The lowest BCUT2D eigenvalue weighted by molar-refractivity contribution is -0.137. The Morgan fingerprint density at radius 1 is 1.10 bits per heavy atom. The molecule has 1 aromatic rings. The topological polar surface area (TPSA) is 20.2 Å². The first kappa shape index (κ1) is 15.4. The second-order valence-corrected chi connectivity index (χ2v) is 5.77. The Balaban J connectivity index is 2.19. The van der Waals surface area contributed by atoms with E-state index in [2.05, 4.69) is 0 Å². The Morgan fingerprint density at radius 3 is 2.20 bits per heavy atom. The van der Waals surface area contributed by atoms with Crippen molar-refractivity contribution in [3.63, 3.8) is 0 Å². The molecule has 1 unspecified atom stereocenters. The summed E-state index contributed by atoms with van der Waals surface area (Å²) in [4.78, 5) is 0. The Bertz CT molecular complexity index is 446. The van der Waals surface area contributed by atoms with Crippen LogP contribution >= 0.6 is 0 Å². The number of rotatable bonds is 2. The van der Waals surface area contributed by atoms with Gasteiger partial charge in [-0.15, -0.1) is 0 Å². The monoisotopic (exact) mass is 286 g/mol. The van der Waals surface area contributed by atoms with E-state index in [0.29, 0.717) is 11.1 Å². The molecule has 0 aliphatic heterocycles. The third-order valence-corrected chi connectivity index (χ3v) is 4.26. The molecule has 0 spiro atoms. The lowest BCUT2D eigenvalue weighted by atomic mass is 9.87. The number of aliphatic hydroxyl groups is 1. The minimum atomic E-state index is -4.32. The van der Waals surface area contributed by atoms with Gasteiger partial charge in [-0.1, -0.05) is 31.7 Å². The summed E-state index contributed by atoms with van der Waals surface area (Å²) in [6.07, 6.45) is 1.53. The maximum atomic E-state index is 12.6. The SMILES string of the molecule is Cc1cc(C(F)(F)F)ccc1C(O)C1CCCCCC1. The molecule has 0 amide bonds. The number of aliphatic hydroxyl groups excluding tert-OH is 1. The molecule has 112 valence electrons. The molecule has 2 rings (SSSR count). The van der Waals surface area contributed by atoms with E-state index in [1.807, 2.05) is 0 Å². The number of hydrogen-bond acceptors (Lipinski definition) is 1. The highest BCUT2D eigenvalue weighted by molar-refractivity contribution is 5.34. The van der Waals surface area contributed by atoms with Crippen molar-refractivity contribution < 1.29 is 18.3 Å². The molecule has 1 fully saturated rings. The molecule has 4 heteroatoms. The van der Waals surface area contributed by atoms with Gasteiger partial charge in [0, 0.05) is 0 Å². The van der Waals surface area contributed by atoms with Crippen LogP contribution in [0.5, 0.6) is 0 Å². The van der Waals surface area contributed by atoms with Gasteiger partial charge in [0.2, 0.25) is 0 Å². The lowest BCUT2D eigenvalue weighted by Gasteiger charge is -2.23. The molecule has 1 aromatic carbocycles. The largest absolute Gasteiger partial charge is 0.416 e. The molecule has 0 saturated heterocycles. The van der Waals surface area contributed by atoms with Gasteiger partial charge in [-0.3, -0.25) is 0 Å². The summed E-state index contributed by atoms with van der Waals surface area (Å²) in [7, 11) is 0. The van der Waals surface area contributed by atoms with Gasteiger partial charge >= 0.3 is 6.18 Å². The summed E-state index contributed by atoms with van der Waals surface area (Å²) in [6, 6.07) is 3.64. The van der Waals surface area contributed by atoms with Crippen molar-refractivity contribution in [2.45, 2.75) is 57.7 Å². The predicted molar refractivity (Wildman–Crippen MR) is 72.3 cm³/mol. The van der Waals surface area contributed by atoms with Crippen LogP contribution in [0.25, 0.3) is 0 Å². The molecule has 1 aliphatic rings. The first-order valence-electron chi connectivity index (χ1n) is 7.25. The fourth-order valence-corrected chi connectivity index (χ4v) is 3.06. The fraction of sp³-hybridized carbons (Fsp3) is 0.625. The zero-order valence-corrected chi connectivity index (χ0v) is 11.7. The Labute approximate surface area is 117 Å². The molecule has 0 heterocycles. The smallest absolute Gasteiger partial charge is 0.388 e. The summed E-state index contributed by atoms with van der Waals surface area (Å²) in [5, 5.41) is 10.5. The first-order valence-corrected chi connectivity index (χ1v) is 7.25. The van der Waals surface area contributed by atoms with Gasteiger partial charge < -0.3 is 5.11 Å². The van der Waals surface area contributed by atoms with E-state index < -0.39 is 17.8 Å². The summed E-state index contributed by atoms with van der Waals surface area (Å²) in [5.74, 6) is 0.174. The zero-order chi connectivity index (χ0) is 14.8. The van der Waals surface area contributed by atoms with Gasteiger partial charge in [0.25, 0.3) is 0 Å². The normalized spacial score (nSPS) is 19.6. The van der Waals surface area contributed by atoms with E-state index in [1.54, 1.807) is 6.92 Å². The van der Waals surface area contributed by atoms with Crippen LogP contribution < -0.4 is 0 Å². The van der Waals surface area contributed by atoms with Crippen LogP contribution in [0.15, 0.2) is 18.2 Å². The van der Waals surface area contributed by atoms with Crippen molar-refractivity contribution in [3.8, 4) is 0 Å². The molecular weight excluding hydrogens is 265 g/mol. The molecule has 20 heavy (non-hydrogen) atoms. The quantitative estimate of drug-likeness (QED) is 0.757. The van der Waals surface area contributed by atoms with E-state index in [-0.39, 0.29) is 5.92 Å². The van der Waals surface area contributed by atoms with E-state index in [0.717, 1.165) is 37.8 Å². The Kier molecular flexibility index (Phi) is 4.74. The molecule has 1 nitrogen and oxygen atoms in total. The van der Waals surface area contributed by atoms with Crippen LogP contribution in [0.1, 0.15) is 61.3 Å². The van der Waals surface area contributed by atoms with Crippen molar-refractivity contribution in [1.82, 2.24) is 0 Å². The van der Waals surface area contributed by atoms with Crippen molar-refractivity contribution in [2.75, 3.05) is 0 Å². The number of benzene rings is 1. The van der Waals surface area contributed by atoms with Crippen molar-refractivity contribution in [3.05, 3.63) is 34.9 Å². The van der Waals surface area contributed by atoms with Gasteiger partial charge in [-0.2, -0.15) is 13.2 Å². The van der Waals surface area contributed by atoms with Crippen LogP contribution in [0.3, 0.4) is 0 Å². The third-order valence-electron chi connectivity index (χ3n) is 4.26. The highest BCUT2D eigenvalue weighted by Crippen LogP contribution is 2.37. The van der Waals surface area contributed by atoms with E-state index in [1.165, 1.54) is 18.9 Å². The average Bonchev–Trinajstić information content (AvgIpc) is 2.65. The lowest BCUT2D eigenvalue weighted by Crippen LogP contribution is -2.14. The predicted octanol–water partition coefficient (Wildman–Crippen LogP) is 5.02. The molecular formula is C16H21F3O. The van der Waals surface area contributed by atoms with E-state index in [4.69, 9.17) is 0 Å². The summed E-state index contributed by atoms with van der Waals surface area (Å²) in [6.45, 7) is 1.64. The summed E-state index contributed by atoms with van der Waals surface area (Å²) >= 11 is 0. The van der Waals surface area contributed by atoms with Gasteiger partial charge in [-0.25, -0.2) is 0 Å². The van der Waals surface area contributed by atoms with Crippen molar-refractivity contribution in [1.29, 1.82) is 0 Å². The second kappa shape index (κ2) is 6.17. The summed E-state index contributed by atoms with van der Waals surface area (Å²) < 4.78 is 37.9. The van der Waals surface area contributed by atoms with Crippen LogP contribution in [-0.4, -0.2) is 5.11 Å². The minimum Gasteiger partial charge on any atom is -0.388 e. The van der Waals surface area contributed by atoms with Gasteiger partial charge in [0.1, 0.15) is 0 Å². The molecule has 1 saturated carbocycles. The van der Waals surface area contributed by atoms with Gasteiger partial charge in [-0.05, 0) is 48.9 Å². The molecule has 0 aromatic heterocycles. The average molecular weight is 286 g/mol. The Morgan fingerprint density at radius 2 is 1.70 bits per heavy atom. The minimum absolute atomic E-state index is 0.174. The summed E-state index contributed by atoms with van der Waals surface area (Å²) in [5.41, 5.74) is 0.522. The Hall–Kier alpha value is -1.03.